The van der Waals surface area contributed by atoms with Crippen LogP contribution in [-0.2, 0) is 7.05 Å². The van der Waals surface area contributed by atoms with Crippen LogP contribution in [0, 0.1) is 6.92 Å². The number of hydrogen-bond donors (Lipinski definition) is 1. The van der Waals surface area contributed by atoms with Crippen molar-refractivity contribution in [1.82, 2.24) is 25.0 Å². The van der Waals surface area contributed by atoms with Gasteiger partial charge in [0.05, 0.1) is 25.0 Å². The number of benzene rings is 1. The third kappa shape index (κ3) is 3.41. The van der Waals surface area contributed by atoms with Gasteiger partial charge in [-0.15, -0.1) is 11.3 Å². The molecule has 1 amide bonds. The first-order valence-corrected chi connectivity index (χ1v) is 10.0. The number of aryl methyl sites for hydroxylation is 2. The van der Waals surface area contributed by atoms with E-state index in [0.29, 0.717) is 18.0 Å². The zero-order valence-corrected chi connectivity index (χ0v) is 17.0. The highest BCUT2D eigenvalue weighted by molar-refractivity contribution is 7.17. The summed E-state index contributed by atoms with van der Waals surface area (Å²) in [5, 5.41) is 8.42. The van der Waals surface area contributed by atoms with Gasteiger partial charge in [-0.05, 0) is 13.0 Å². The van der Waals surface area contributed by atoms with E-state index in [0.717, 1.165) is 34.1 Å². The fourth-order valence-corrected chi connectivity index (χ4v) is 4.54. The Morgan fingerprint density at radius 1 is 1.36 bits per heavy atom. The van der Waals surface area contributed by atoms with Crippen molar-refractivity contribution in [1.29, 1.82) is 0 Å². The molecule has 7 nitrogen and oxygen atoms in total. The molecule has 1 atom stereocenters. The van der Waals surface area contributed by atoms with E-state index in [1.54, 1.807) is 18.0 Å². The molecule has 2 aromatic heterocycles. The molecule has 1 N–H and O–H groups in total. The van der Waals surface area contributed by atoms with Crippen LogP contribution in [0.4, 0.5) is 0 Å². The number of nitrogens with zero attached hydrogens (tertiary/aromatic N) is 4. The summed E-state index contributed by atoms with van der Waals surface area (Å²) in [6.07, 6.45) is 3.68. The molecule has 3 heterocycles. The Balaban J connectivity index is 1.67. The highest BCUT2D eigenvalue weighted by Crippen LogP contribution is 2.34. The maximum absolute atomic E-state index is 13.5. The number of thiazole rings is 1. The van der Waals surface area contributed by atoms with Gasteiger partial charge >= 0.3 is 0 Å². The van der Waals surface area contributed by atoms with Gasteiger partial charge in [0.15, 0.2) is 0 Å². The third-order valence-corrected chi connectivity index (χ3v) is 6.14. The fraction of sp³-hybridized carbons (Fsp3) is 0.350. The molecule has 0 saturated carbocycles. The van der Waals surface area contributed by atoms with Gasteiger partial charge < -0.3 is 15.0 Å². The number of carbonyl (C=O) groups is 1. The molecule has 0 spiro atoms. The van der Waals surface area contributed by atoms with E-state index in [9.17, 15) is 4.79 Å². The summed E-state index contributed by atoms with van der Waals surface area (Å²) in [6.45, 7) is 4.00. The number of piperazine rings is 1. The van der Waals surface area contributed by atoms with Crippen molar-refractivity contribution in [3.05, 3.63) is 52.8 Å². The maximum Gasteiger partial charge on any atom is 0.266 e. The first-order chi connectivity index (χ1) is 13.6. The molecule has 1 aromatic carbocycles. The second kappa shape index (κ2) is 7.73. The maximum atomic E-state index is 13.5. The lowest BCUT2D eigenvalue weighted by atomic mass is 10.0. The van der Waals surface area contributed by atoms with Crippen LogP contribution in [0.3, 0.4) is 0 Å². The molecule has 4 rings (SSSR count). The topological polar surface area (TPSA) is 72.3 Å². The second-order valence-electron chi connectivity index (χ2n) is 6.80. The van der Waals surface area contributed by atoms with Gasteiger partial charge in [0, 0.05) is 44.0 Å². The van der Waals surface area contributed by atoms with E-state index in [1.807, 2.05) is 49.3 Å². The Labute approximate surface area is 168 Å². The van der Waals surface area contributed by atoms with E-state index in [2.05, 4.69) is 15.4 Å². The second-order valence-corrected chi connectivity index (χ2v) is 7.80. The Hall–Kier alpha value is -2.71. The van der Waals surface area contributed by atoms with Gasteiger partial charge in [0.25, 0.3) is 5.91 Å². The van der Waals surface area contributed by atoms with Crippen LogP contribution in [0.25, 0.3) is 10.6 Å². The first kappa shape index (κ1) is 18.6. The van der Waals surface area contributed by atoms with Crippen LogP contribution >= 0.6 is 11.3 Å². The van der Waals surface area contributed by atoms with Crippen LogP contribution in [0.1, 0.15) is 27.0 Å². The molecule has 1 unspecified atom stereocenters. The Kier molecular flexibility index (Phi) is 5.15. The predicted octanol–water partition coefficient (Wildman–Crippen LogP) is 2.65. The molecule has 1 aliphatic heterocycles. The summed E-state index contributed by atoms with van der Waals surface area (Å²) >= 11 is 1.43. The lowest BCUT2D eigenvalue weighted by Crippen LogP contribution is -2.48. The molecule has 146 valence electrons. The standard InChI is InChI=1S/C20H23N5O2S/c1-13-18(28-19(23-13)14-10-22-24(2)12-14)20(26)25-9-8-21-11-16(25)15-6-4-5-7-17(15)27-3/h4-7,10,12,16,21H,8-9,11H2,1-3H3. The van der Waals surface area contributed by atoms with Crippen molar-refractivity contribution in [2.45, 2.75) is 13.0 Å². The molecular weight excluding hydrogens is 374 g/mol. The highest BCUT2D eigenvalue weighted by Gasteiger charge is 2.32. The highest BCUT2D eigenvalue weighted by atomic mass is 32.1. The smallest absolute Gasteiger partial charge is 0.266 e. The molecule has 1 saturated heterocycles. The lowest BCUT2D eigenvalue weighted by Gasteiger charge is -2.37. The molecule has 8 heteroatoms. The Morgan fingerprint density at radius 2 is 2.18 bits per heavy atom. The third-order valence-electron chi connectivity index (χ3n) is 4.94. The van der Waals surface area contributed by atoms with Crippen molar-refractivity contribution in [2.24, 2.45) is 7.05 Å². The number of aromatic nitrogens is 3. The largest absolute Gasteiger partial charge is 0.496 e. The monoisotopic (exact) mass is 397 g/mol. The van der Waals surface area contributed by atoms with Crippen LogP contribution < -0.4 is 10.1 Å². The van der Waals surface area contributed by atoms with Crippen LogP contribution in [0.2, 0.25) is 0 Å². The van der Waals surface area contributed by atoms with Gasteiger partial charge in [-0.25, -0.2) is 4.98 Å². The molecule has 28 heavy (non-hydrogen) atoms. The molecule has 0 radical (unpaired) electrons. The fourth-order valence-electron chi connectivity index (χ4n) is 3.55. The molecule has 0 bridgehead atoms. The summed E-state index contributed by atoms with van der Waals surface area (Å²) in [5.74, 6) is 0.814. The van der Waals surface area contributed by atoms with Crippen molar-refractivity contribution in [3.63, 3.8) is 0 Å². The van der Waals surface area contributed by atoms with Crippen LogP contribution in [0.15, 0.2) is 36.7 Å². The minimum atomic E-state index is -0.0826. The summed E-state index contributed by atoms with van der Waals surface area (Å²) in [5.41, 5.74) is 2.70. The van der Waals surface area contributed by atoms with Gasteiger partial charge in [0.2, 0.25) is 0 Å². The Bertz CT molecular complexity index is 996. The van der Waals surface area contributed by atoms with E-state index < -0.39 is 0 Å². The number of ether oxygens (including phenoxy) is 1. The van der Waals surface area contributed by atoms with Crippen molar-refractivity contribution < 1.29 is 9.53 Å². The average molecular weight is 398 g/mol. The number of nitrogens with one attached hydrogen (secondary N) is 1. The number of para-hydroxylation sites is 1. The van der Waals surface area contributed by atoms with Crippen molar-refractivity contribution in [2.75, 3.05) is 26.7 Å². The van der Waals surface area contributed by atoms with Gasteiger partial charge in [-0.3, -0.25) is 9.48 Å². The van der Waals surface area contributed by atoms with E-state index in [1.165, 1.54) is 11.3 Å². The zero-order chi connectivity index (χ0) is 19.7. The minimum Gasteiger partial charge on any atom is -0.496 e. The zero-order valence-electron chi connectivity index (χ0n) is 16.2. The van der Waals surface area contributed by atoms with E-state index >= 15 is 0 Å². The normalized spacial score (nSPS) is 17.0. The number of amides is 1. The SMILES string of the molecule is COc1ccccc1C1CNCCN1C(=O)c1sc(-c2cnn(C)c2)nc1C. The number of carbonyl (C=O) groups excluding carboxylic acids is 1. The first-order valence-electron chi connectivity index (χ1n) is 9.19. The lowest BCUT2D eigenvalue weighted by molar-refractivity contribution is 0.0635. The number of rotatable bonds is 4. The summed E-state index contributed by atoms with van der Waals surface area (Å²) < 4.78 is 7.27. The van der Waals surface area contributed by atoms with Gasteiger partial charge in [0.1, 0.15) is 15.6 Å². The van der Waals surface area contributed by atoms with Crippen LogP contribution in [0.5, 0.6) is 5.75 Å². The summed E-state index contributed by atoms with van der Waals surface area (Å²) in [7, 11) is 3.53. The molecule has 0 aliphatic carbocycles. The molecule has 1 fully saturated rings. The van der Waals surface area contributed by atoms with E-state index in [-0.39, 0.29) is 11.9 Å². The van der Waals surface area contributed by atoms with Gasteiger partial charge in [-0.1, -0.05) is 18.2 Å². The molecule has 1 aliphatic rings. The minimum absolute atomic E-state index is 0.0162. The molecular formula is C20H23N5O2S. The Morgan fingerprint density at radius 3 is 2.93 bits per heavy atom. The van der Waals surface area contributed by atoms with E-state index in [4.69, 9.17) is 4.74 Å². The van der Waals surface area contributed by atoms with Crippen molar-refractivity contribution >= 4 is 17.2 Å². The quantitative estimate of drug-likeness (QED) is 0.733. The predicted molar refractivity (Wildman–Crippen MR) is 109 cm³/mol. The van der Waals surface area contributed by atoms with Gasteiger partial charge in [-0.2, -0.15) is 5.10 Å². The summed E-state index contributed by atoms with van der Waals surface area (Å²) in [4.78, 5) is 20.7. The van der Waals surface area contributed by atoms with Crippen LogP contribution in [-0.4, -0.2) is 52.3 Å². The number of methoxy groups -OCH3 is 1. The average Bonchev–Trinajstić information content (AvgIpc) is 3.33. The summed E-state index contributed by atoms with van der Waals surface area (Å²) in [6, 6.07) is 7.80. The van der Waals surface area contributed by atoms with Crippen molar-refractivity contribution in [3.8, 4) is 16.3 Å². The number of hydrogen-bond acceptors (Lipinski definition) is 6. The molecule has 3 aromatic rings.